The van der Waals surface area contributed by atoms with Gasteiger partial charge in [0.25, 0.3) is 0 Å². The fourth-order valence-electron chi connectivity index (χ4n) is 3.12. The van der Waals surface area contributed by atoms with Crippen molar-refractivity contribution in [2.45, 2.75) is 56.9 Å². The number of Topliss-reactive ketones (excluding diaryl/α,β-unsaturated/α-hetero) is 1. The molecule has 2 atom stereocenters. The Labute approximate surface area is 149 Å². The van der Waals surface area contributed by atoms with Gasteiger partial charge in [-0.25, -0.2) is 13.1 Å². The molecule has 1 aliphatic rings. The minimum atomic E-state index is -3.68. The van der Waals surface area contributed by atoms with E-state index >= 15 is 0 Å². The van der Waals surface area contributed by atoms with Crippen LogP contribution < -0.4 is 10.0 Å². The standard InChI is InChI=1S/C18H26N2O4S/c1-13-4-3-5-16(12-13)20-18(22)10-11-19-25(23,24)17-8-6-15(7-9-17)14(2)21/h6-9,13,16,19H,3-5,10-12H2,1-2H3,(H,20,22). The third-order valence-corrected chi connectivity index (χ3v) is 5.99. The number of hydrogen-bond donors (Lipinski definition) is 2. The molecule has 2 N–H and O–H groups in total. The maximum Gasteiger partial charge on any atom is 0.240 e. The van der Waals surface area contributed by atoms with Crippen LogP contribution in [0, 0.1) is 5.92 Å². The van der Waals surface area contributed by atoms with E-state index in [0.717, 1.165) is 19.3 Å². The second-order valence-electron chi connectivity index (χ2n) is 6.76. The van der Waals surface area contributed by atoms with Crippen molar-refractivity contribution in [3.8, 4) is 0 Å². The number of ketones is 1. The van der Waals surface area contributed by atoms with Crippen LogP contribution in [0.15, 0.2) is 29.2 Å². The first kappa shape index (κ1) is 19.6. The van der Waals surface area contributed by atoms with Gasteiger partial charge in [0.1, 0.15) is 0 Å². The number of rotatable bonds is 7. The van der Waals surface area contributed by atoms with Gasteiger partial charge in [0, 0.05) is 24.6 Å². The highest BCUT2D eigenvalue weighted by atomic mass is 32.2. The number of hydrogen-bond acceptors (Lipinski definition) is 4. The highest BCUT2D eigenvalue weighted by Crippen LogP contribution is 2.23. The minimum Gasteiger partial charge on any atom is -0.353 e. The number of benzene rings is 1. The molecule has 0 spiro atoms. The van der Waals surface area contributed by atoms with Crippen molar-refractivity contribution in [1.82, 2.24) is 10.0 Å². The van der Waals surface area contributed by atoms with E-state index in [1.54, 1.807) is 0 Å². The zero-order chi connectivity index (χ0) is 18.4. The van der Waals surface area contributed by atoms with Crippen molar-refractivity contribution in [2.75, 3.05) is 6.54 Å². The molecule has 0 bridgehead atoms. The van der Waals surface area contributed by atoms with Crippen molar-refractivity contribution in [3.05, 3.63) is 29.8 Å². The Balaban J connectivity index is 1.81. The predicted octanol–water partition coefficient (Wildman–Crippen LogP) is 2.25. The molecule has 138 valence electrons. The van der Waals surface area contributed by atoms with Gasteiger partial charge in [-0.2, -0.15) is 0 Å². The summed E-state index contributed by atoms with van der Waals surface area (Å²) in [5.41, 5.74) is 0.458. The molecular weight excluding hydrogens is 340 g/mol. The lowest BCUT2D eigenvalue weighted by molar-refractivity contribution is -0.121. The number of nitrogens with one attached hydrogen (secondary N) is 2. The number of sulfonamides is 1. The second kappa shape index (κ2) is 8.58. The van der Waals surface area contributed by atoms with Gasteiger partial charge in [0.15, 0.2) is 5.78 Å². The van der Waals surface area contributed by atoms with Crippen LogP contribution >= 0.6 is 0 Å². The maximum atomic E-state index is 12.2. The van der Waals surface area contributed by atoms with E-state index < -0.39 is 10.0 Å². The Hall–Kier alpha value is -1.73. The molecule has 1 aliphatic carbocycles. The van der Waals surface area contributed by atoms with Gasteiger partial charge in [-0.05, 0) is 37.8 Å². The third-order valence-electron chi connectivity index (χ3n) is 4.52. The van der Waals surface area contributed by atoms with Crippen molar-refractivity contribution in [1.29, 1.82) is 0 Å². The maximum absolute atomic E-state index is 12.2. The van der Waals surface area contributed by atoms with E-state index in [2.05, 4.69) is 17.0 Å². The minimum absolute atomic E-state index is 0.0465. The van der Waals surface area contributed by atoms with Crippen LogP contribution in [-0.4, -0.2) is 32.7 Å². The molecule has 1 saturated carbocycles. The quantitative estimate of drug-likeness (QED) is 0.724. The van der Waals surface area contributed by atoms with Crippen molar-refractivity contribution >= 4 is 21.7 Å². The van der Waals surface area contributed by atoms with Gasteiger partial charge in [-0.15, -0.1) is 0 Å². The predicted molar refractivity (Wildman–Crippen MR) is 95.8 cm³/mol. The summed E-state index contributed by atoms with van der Waals surface area (Å²) < 4.78 is 26.8. The monoisotopic (exact) mass is 366 g/mol. The summed E-state index contributed by atoms with van der Waals surface area (Å²) in [4.78, 5) is 23.3. The van der Waals surface area contributed by atoms with E-state index in [0.29, 0.717) is 11.5 Å². The Morgan fingerprint density at radius 2 is 1.84 bits per heavy atom. The van der Waals surface area contributed by atoms with E-state index in [-0.39, 0.29) is 35.6 Å². The van der Waals surface area contributed by atoms with Crippen LogP contribution in [0.2, 0.25) is 0 Å². The molecule has 0 aliphatic heterocycles. The van der Waals surface area contributed by atoms with Gasteiger partial charge in [0.05, 0.1) is 4.90 Å². The van der Waals surface area contributed by atoms with E-state index in [1.807, 2.05) is 0 Å². The zero-order valence-electron chi connectivity index (χ0n) is 14.7. The molecule has 0 saturated heterocycles. The van der Waals surface area contributed by atoms with Gasteiger partial charge in [-0.1, -0.05) is 31.9 Å². The summed E-state index contributed by atoms with van der Waals surface area (Å²) in [6, 6.07) is 5.94. The normalized spacial score (nSPS) is 20.9. The number of carbonyl (C=O) groups is 2. The Bertz CT molecular complexity index is 713. The molecule has 0 radical (unpaired) electrons. The molecule has 0 heterocycles. The first-order valence-electron chi connectivity index (χ1n) is 8.68. The molecule has 2 rings (SSSR count). The second-order valence-corrected chi connectivity index (χ2v) is 8.53. The lowest BCUT2D eigenvalue weighted by Crippen LogP contribution is -2.39. The summed E-state index contributed by atoms with van der Waals surface area (Å²) >= 11 is 0. The van der Waals surface area contributed by atoms with E-state index in [1.165, 1.54) is 37.6 Å². The molecule has 0 aromatic heterocycles. The molecule has 1 fully saturated rings. The highest BCUT2D eigenvalue weighted by molar-refractivity contribution is 7.89. The fraction of sp³-hybridized carbons (Fsp3) is 0.556. The lowest BCUT2D eigenvalue weighted by Gasteiger charge is -2.27. The summed E-state index contributed by atoms with van der Waals surface area (Å²) in [6.45, 7) is 3.65. The molecule has 6 nitrogen and oxygen atoms in total. The van der Waals surface area contributed by atoms with Crippen LogP contribution in [0.4, 0.5) is 0 Å². The lowest BCUT2D eigenvalue weighted by atomic mass is 9.87. The number of carbonyl (C=O) groups excluding carboxylic acids is 2. The molecule has 1 aromatic carbocycles. The number of amides is 1. The van der Waals surface area contributed by atoms with Crippen LogP contribution in [-0.2, 0) is 14.8 Å². The fourth-order valence-corrected chi connectivity index (χ4v) is 4.15. The Morgan fingerprint density at radius 1 is 1.16 bits per heavy atom. The van der Waals surface area contributed by atoms with Crippen molar-refractivity contribution in [3.63, 3.8) is 0 Å². The summed E-state index contributed by atoms with van der Waals surface area (Å²) in [7, 11) is -3.68. The molecule has 1 amide bonds. The van der Waals surface area contributed by atoms with Crippen LogP contribution in [0.3, 0.4) is 0 Å². The molecule has 7 heteroatoms. The van der Waals surface area contributed by atoms with Crippen molar-refractivity contribution < 1.29 is 18.0 Å². The molecule has 1 aromatic rings. The first-order chi connectivity index (χ1) is 11.8. The van der Waals surface area contributed by atoms with Crippen molar-refractivity contribution in [2.24, 2.45) is 5.92 Å². The summed E-state index contributed by atoms with van der Waals surface area (Å²) in [5.74, 6) is 0.370. The smallest absolute Gasteiger partial charge is 0.240 e. The van der Waals surface area contributed by atoms with Gasteiger partial charge >= 0.3 is 0 Å². The summed E-state index contributed by atoms with van der Waals surface area (Å²) in [6.07, 6.45) is 4.41. The van der Waals surface area contributed by atoms with Gasteiger partial charge < -0.3 is 5.32 Å². The SMILES string of the molecule is CC(=O)c1ccc(S(=O)(=O)NCCC(=O)NC2CCCC(C)C2)cc1. The van der Waals surface area contributed by atoms with E-state index in [9.17, 15) is 18.0 Å². The zero-order valence-corrected chi connectivity index (χ0v) is 15.6. The Kier molecular flexibility index (Phi) is 6.72. The third kappa shape index (κ3) is 5.93. The Morgan fingerprint density at radius 3 is 2.44 bits per heavy atom. The van der Waals surface area contributed by atoms with Crippen LogP contribution in [0.5, 0.6) is 0 Å². The van der Waals surface area contributed by atoms with Gasteiger partial charge in [-0.3, -0.25) is 9.59 Å². The topological polar surface area (TPSA) is 92.3 Å². The molecular formula is C18H26N2O4S. The average molecular weight is 366 g/mol. The molecule has 2 unspecified atom stereocenters. The average Bonchev–Trinajstić information content (AvgIpc) is 2.54. The highest BCUT2D eigenvalue weighted by Gasteiger charge is 2.20. The first-order valence-corrected chi connectivity index (χ1v) is 10.2. The van der Waals surface area contributed by atoms with E-state index in [4.69, 9.17) is 0 Å². The largest absolute Gasteiger partial charge is 0.353 e. The molecule has 25 heavy (non-hydrogen) atoms. The van der Waals surface area contributed by atoms with Gasteiger partial charge in [0.2, 0.25) is 15.9 Å². The van der Waals surface area contributed by atoms with Crippen LogP contribution in [0.25, 0.3) is 0 Å². The summed E-state index contributed by atoms with van der Waals surface area (Å²) in [5, 5.41) is 2.98. The van der Waals surface area contributed by atoms with Crippen LogP contribution in [0.1, 0.15) is 56.3 Å².